The van der Waals surface area contributed by atoms with Crippen molar-refractivity contribution in [1.29, 1.82) is 0 Å². The second kappa shape index (κ2) is 11.6. The van der Waals surface area contributed by atoms with Gasteiger partial charge in [0.2, 0.25) is 5.91 Å². The van der Waals surface area contributed by atoms with Crippen LogP contribution < -0.4 is 10.1 Å². The summed E-state index contributed by atoms with van der Waals surface area (Å²) in [6, 6.07) is 21.6. The maximum Gasteiger partial charge on any atom is 0.230 e. The Labute approximate surface area is 209 Å². The first-order valence-electron chi connectivity index (χ1n) is 11.2. The molecule has 4 aromatic rings. The third-order valence-electron chi connectivity index (χ3n) is 5.52. The second-order valence-electron chi connectivity index (χ2n) is 8.06. The third kappa shape index (κ3) is 6.06. The van der Waals surface area contributed by atoms with Crippen LogP contribution in [-0.4, -0.2) is 64.1 Å². The van der Waals surface area contributed by atoms with Gasteiger partial charge in [0.15, 0.2) is 11.0 Å². The zero-order valence-corrected chi connectivity index (χ0v) is 20.8. The van der Waals surface area contributed by atoms with Crippen molar-refractivity contribution in [3.8, 4) is 22.8 Å². The summed E-state index contributed by atoms with van der Waals surface area (Å²) in [7, 11) is 5.64. The van der Waals surface area contributed by atoms with E-state index in [2.05, 4.69) is 25.4 Å². The van der Waals surface area contributed by atoms with Crippen molar-refractivity contribution in [3.63, 3.8) is 0 Å². The number of benzene rings is 2. The van der Waals surface area contributed by atoms with E-state index in [-0.39, 0.29) is 17.7 Å². The van der Waals surface area contributed by atoms with Crippen LogP contribution in [0.5, 0.6) is 5.75 Å². The van der Waals surface area contributed by atoms with E-state index in [9.17, 15) is 4.79 Å². The Bertz CT molecular complexity index is 1230. The van der Waals surface area contributed by atoms with Crippen LogP contribution in [0.4, 0.5) is 0 Å². The van der Waals surface area contributed by atoms with Gasteiger partial charge < -0.3 is 15.0 Å². The number of rotatable bonds is 10. The van der Waals surface area contributed by atoms with Crippen LogP contribution in [0.25, 0.3) is 17.1 Å². The molecule has 0 aliphatic carbocycles. The van der Waals surface area contributed by atoms with Gasteiger partial charge in [0.1, 0.15) is 5.75 Å². The van der Waals surface area contributed by atoms with Crippen LogP contribution in [0.3, 0.4) is 0 Å². The molecule has 2 aromatic carbocycles. The molecule has 0 aliphatic heterocycles. The summed E-state index contributed by atoms with van der Waals surface area (Å²) in [5.74, 6) is 1.64. The van der Waals surface area contributed by atoms with Gasteiger partial charge in [-0.15, -0.1) is 10.2 Å². The Kier molecular flexibility index (Phi) is 8.12. The normalized spacial score (nSPS) is 11.9. The summed E-state index contributed by atoms with van der Waals surface area (Å²) in [5.41, 5.74) is 2.88. The number of nitrogens with one attached hydrogen (secondary N) is 1. The number of nitrogens with zero attached hydrogens (tertiary/aromatic N) is 5. The molecule has 35 heavy (non-hydrogen) atoms. The molecular formula is C26H28N6O2S. The van der Waals surface area contributed by atoms with E-state index < -0.39 is 0 Å². The molecule has 2 heterocycles. The monoisotopic (exact) mass is 488 g/mol. The van der Waals surface area contributed by atoms with Crippen LogP contribution in [0.1, 0.15) is 11.6 Å². The fourth-order valence-corrected chi connectivity index (χ4v) is 4.45. The van der Waals surface area contributed by atoms with E-state index >= 15 is 0 Å². The van der Waals surface area contributed by atoms with Gasteiger partial charge in [-0.2, -0.15) is 0 Å². The highest BCUT2D eigenvalue weighted by molar-refractivity contribution is 7.99. The largest absolute Gasteiger partial charge is 0.497 e. The average Bonchev–Trinajstić information content (AvgIpc) is 3.33. The Hall–Kier alpha value is -3.69. The van der Waals surface area contributed by atoms with Gasteiger partial charge in [-0.1, -0.05) is 42.1 Å². The van der Waals surface area contributed by atoms with Crippen LogP contribution in [-0.2, 0) is 4.79 Å². The number of ether oxygens (including phenoxy) is 1. The minimum absolute atomic E-state index is 0.0417. The maximum absolute atomic E-state index is 12.8. The van der Waals surface area contributed by atoms with Gasteiger partial charge >= 0.3 is 0 Å². The first-order valence-corrected chi connectivity index (χ1v) is 12.2. The predicted octanol–water partition coefficient (Wildman–Crippen LogP) is 3.85. The minimum Gasteiger partial charge on any atom is -0.497 e. The van der Waals surface area contributed by atoms with Crippen molar-refractivity contribution in [3.05, 3.63) is 84.7 Å². The number of para-hydroxylation sites is 1. The van der Waals surface area contributed by atoms with Crippen molar-refractivity contribution in [1.82, 2.24) is 30.0 Å². The summed E-state index contributed by atoms with van der Waals surface area (Å²) in [5, 5.41) is 12.5. The van der Waals surface area contributed by atoms with Crippen molar-refractivity contribution in [2.24, 2.45) is 0 Å². The lowest BCUT2D eigenvalue weighted by molar-refractivity contribution is -0.118. The molecule has 9 heteroatoms. The number of carbonyl (C=O) groups is 1. The van der Waals surface area contributed by atoms with Gasteiger partial charge in [0, 0.05) is 30.2 Å². The lowest BCUT2D eigenvalue weighted by Crippen LogP contribution is -2.35. The van der Waals surface area contributed by atoms with Crippen LogP contribution in [0.15, 0.2) is 84.3 Å². The fourth-order valence-electron chi connectivity index (χ4n) is 3.67. The van der Waals surface area contributed by atoms with Gasteiger partial charge in [-0.05, 0) is 56.1 Å². The zero-order chi connectivity index (χ0) is 24.6. The number of aromatic nitrogens is 4. The molecule has 1 unspecified atom stereocenters. The number of likely N-dealkylation sites (N-methyl/N-ethyl adjacent to an activating group) is 1. The molecule has 4 rings (SSSR count). The highest BCUT2D eigenvalue weighted by Crippen LogP contribution is 2.27. The van der Waals surface area contributed by atoms with Crippen LogP contribution in [0, 0.1) is 0 Å². The molecule has 0 saturated carbocycles. The summed E-state index contributed by atoms with van der Waals surface area (Å²) in [4.78, 5) is 19.1. The summed E-state index contributed by atoms with van der Waals surface area (Å²) in [6.07, 6.45) is 3.48. The van der Waals surface area contributed by atoms with Crippen molar-refractivity contribution >= 4 is 17.7 Å². The third-order valence-corrected chi connectivity index (χ3v) is 6.45. The fraction of sp³-hybridized carbons (Fsp3) is 0.231. The highest BCUT2D eigenvalue weighted by atomic mass is 32.2. The van der Waals surface area contributed by atoms with E-state index in [1.54, 1.807) is 19.5 Å². The molecule has 0 saturated heterocycles. The Morgan fingerprint density at radius 1 is 1.06 bits per heavy atom. The lowest BCUT2D eigenvalue weighted by Gasteiger charge is -2.25. The average molecular weight is 489 g/mol. The number of methoxy groups -OCH3 is 1. The second-order valence-corrected chi connectivity index (χ2v) is 9.01. The molecule has 0 fully saturated rings. The SMILES string of the molecule is COc1ccc(C(CNC(=O)CSc2nnc(-c3cccnc3)n2-c2ccccc2)N(C)C)cc1. The topological polar surface area (TPSA) is 85.2 Å². The first kappa shape index (κ1) is 24.4. The van der Waals surface area contributed by atoms with E-state index in [1.165, 1.54) is 11.8 Å². The molecule has 0 bridgehead atoms. The van der Waals surface area contributed by atoms with Crippen LogP contribution in [0.2, 0.25) is 0 Å². The van der Waals surface area contributed by atoms with Crippen molar-refractivity contribution in [2.45, 2.75) is 11.2 Å². The predicted molar refractivity (Wildman–Crippen MR) is 138 cm³/mol. The van der Waals surface area contributed by atoms with Gasteiger partial charge in [-0.3, -0.25) is 14.3 Å². The molecule has 2 aromatic heterocycles. The molecule has 8 nitrogen and oxygen atoms in total. The van der Waals surface area contributed by atoms with E-state index in [0.717, 1.165) is 22.6 Å². The maximum atomic E-state index is 12.8. The highest BCUT2D eigenvalue weighted by Gasteiger charge is 2.19. The summed E-state index contributed by atoms with van der Waals surface area (Å²) >= 11 is 1.35. The molecule has 180 valence electrons. The van der Waals surface area contributed by atoms with Crippen molar-refractivity contribution in [2.75, 3.05) is 33.5 Å². The van der Waals surface area contributed by atoms with Gasteiger partial charge in [-0.25, -0.2) is 0 Å². The molecule has 1 amide bonds. The smallest absolute Gasteiger partial charge is 0.230 e. The zero-order valence-electron chi connectivity index (χ0n) is 20.0. The number of hydrogen-bond donors (Lipinski definition) is 1. The summed E-state index contributed by atoms with van der Waals surface area (Å²) < 4.78 is 7.20. The number of carbonyl (C=O) groups excluding carboxylic acids is 1. The first-order chi connectivity index (χ1) is 17.1. The Balaban J connectivity index is 1.45. The standard InChI is InChI=1S/C26H28N6O2S/c1-31(2)23(19-11-13-22(34-3)14-12-19)17-28-24(33)18-35-26-30-29-25(20-8-7-15-27-16-20)32(26)21-9-5-4-6-10-21/h4-16,23H,17-18H2,1-3H3,(H,28,33). The lowest BCUT2D eigenvalue weighted by atomic mass is 10.1. The van der Waals surface area contributed by atoms with Crippen molar-refractivity contribution < 1.29 is 9.53 Å². The van der Waals surface area contributed by atoms with Crippen LogP contribution >= 0.6 is 11.8 Å². The molecule has 0 aliphatic rings. The van der Waals surface area contributed by atoms with E-state index in [4.69, 9.17) is 4.74 Å². The summed E-state index contributed by atoms with van der Waals surface area (Å²) in [6.45, 7) is 0.491. The van der Waals surface area contributed by atoms with E-state index in [1.807, 2.05) is 85.4 Å². The Morgan fingerprint density at radius 3 is 2.49 bits per heavy atom. The number of amides is 1. The van der Waals surface area contributed by atoms with E-state index in [0.29, 0.717) is 17.5 Å². The molecule has 1 atom stereocenters. The molecule has 1 N–H and O–H groups in total. The molecular weight excluding hydrogens is 460 g/mol. The quantitative estimate of drug-likeness (QED) is 0.339. The number of hydrogen-bond acceptors (Lipinski definition) is 7. The molecule has 0 spiro atoms. The number of pyridine rings is 1. The minimum atomic E-state index is -0.0686. The number of thioether (sulfide) groups is 1. The molecule has 0 radical (unpaired) electrons. The van der Waals surface area contributed by atoms with Gasteiger partial charge in [0.25, 0.3) is 0 Å². The Morgan fingerprint density at radius 2 is 1.83 bits per heavy atom. The van der Waals surface area contributed by atoms with Gasteiger partial charge in [0.05, 0.1) is 18.9 Å².